The normalized spacial score (nSPS) is 27.6. The van der Waals surface area contributed by atoms with E-state index in [9.17, 15) is 0 Å². The molecule has 19 heavy (non-hydrogen) atoms. The van der Waals surface area contributed by atoms with Crippen molar-refractivity contribution in [2.24, 2.45) is 17.6 Å². The lowest BCUT2D eigenvalue weighted by atomic mass is 9.85. The van der Waals surface area contributed by atoms with Gasteiger partial charge in [-0.05, 0) is 56.7 Å². The third-order valence-electron chi connectivity index (χ3n) is 4.56. The molecule has 0 radical (unpaired) electrons. The van der Waals surface area contributed by atoms with Gasteiger partial charge in [0.15, 0.2) is 0 Å². The standard InChI is InChI=1S/C17H28N2/c1-12-5-6-17(16(10-12)7-8-18)19-11-13(2)9-14(3)15(19)4/h5-6,10,13-15H,7-9,11,18H2,1-4H3. The molecule has 1 aliphatic heterocycles. The van der Waals surface area contributed by atoms with Gasteiger partial charge in [0.2, 0.25) is 0 Å². The Bertz CT molecular complexity index is 427. The largest absolute Gasteiger partial charge is 0.368 e. The maximum atomic E-state index is 5.78. The number of benzene rings is 1. The predicted molar refractivity (Wildman–Crippen MR) is 83.7 cm³/mol. The fourth-order valence-electron chi connectivity index (χ4n) is 3.38. The lowest BCUT2D eigenvalue weighted by molar-refractivity contribution is 0.296. The van der Waals surface area contributed by atoms with E-state index in [1.807, 2.05) is 0 Å². The lowest BCUT2D eigenvalue weighted by Gasteiger charge is -2.43. The van der Waals surface area contributed by atoms with Crippen molar-refractivity contribution in [3.63, 3.8) is 0 Å². The minimum atomic E-state index is 0.621. The molecule has 2 rings (SSSR count). The van der Waals surface area contributed by atoms with Crippen LogP contribution in [0.2, 0.25) is 0 Å². The zero-order valence-electron chi connectivity index (χ0n) is 12.8. The molecule has 3 atom stereocenters. The van der Waals surface area contributed by atoms with E-state index in [2.05, 4.69) is 50.8 Å². The van der Waals surface area contributed by atoms with E-state index in [0.29, 0.717) is 6.04 Å². The lowest BCUT2D eigenvalue weighted by Crippen LogP contribution is -2.46. The molecule has 0 saturated carbocycles. The Kier molecular flexibility index (Phi) is 4.51. The monoisotopic (exact) mass is 260 g/mol. The summed E-state index contributed by atoms with van der Waals surface area (Å²) in [4.78, 5) is 2.60. The summed E-state index contributed by atoms with van der Waals surface area (Å²) in [5.74, 6) is 1.54. The van der Waals surface area contributed by atoms with Crippen molar-refractivity contribution in [2.45, 2.75) is 46.6 Å². The molecule has 106 valence electrons. The van der Waals surface area contributed by atoms with E-state index in [1.54, 1.807) is 0 Å². The van der Waals surface area contributed by atoms with Crippen LogP contribution in [0.5, 0.6) is 0 Å². The van der Waals surface area contributed by atoms with E-state index < -0.39 is 0 Å². The Labute approximate surface area is 118 Å². The molecule has 0 aromatic heterocycles. The van der Waals surface area contributed by atoms with Crippen molar-refractivity contribution in [1.82, 2.24) is 0 Å². The summed E-state index contributed by atoms with van der Waals surface area (Å²) >= 11 is 0. The van der Waals surface area contributed by atoms with E-state index in [1.165, 1.54) is 29.8 Å². The molecule has 0 amide bonds. The highest BCUT2D eigenvalue weighted by molar-refractivity contribution is 5.56. The van der Waals surface area contributed by atoms with E-state index in [0.717, 1.165) is 24.8 Å². The molecule has 1 fully saturated rings. The molecule has 1 saturated heterocycles. The van der Waals surface area contributed by atoms with Gasteiger partial charge in [-0.1, -0.05) is 31.5 Å². The first-order valence-electron chi connectivity index (χ1n) is 7.59. The topological polar surface area (TPSA) is 29.3 Å². The predicted octanol–water partition coefficient (Wildman–Crippen LogP) is 3.37. The molecule has 0 aliphatic carbocycles. The highest BCUT2D eigenvalue weighted by Gasteiger charge is 2.29. The minimum absolute atomic E-state index is 0.621. The number of nitrogens with two attached hydrogens (primary N) is 1. The van der Waals surface area contributed by atoms with Crippen LogP contribution in [-0.2, 0) is 6.42 Å². The Morgan fingerprint density at radius 3 is 2.68 bits per heavy atom. The first kappa shape index (κ1) is 14.4. The quantitative estimate of drug-likeness (QED) is 0.903. The van der Waals surface area contributed by atoms with Gasteiger partial charge in [-0.25, -0.2) is 0 Å². The molecule has 3 unspecified atom stereocenters. The first-order chi connectivity index (χ1) is 9.02. The molecule has 1 heterocycles. The van der Waals surface area contributed by atoms with Gasteiger partial charge in [-0.2, -0.15) is 0 Å². The van der Waals surface area contributed by atoms with Crippen molar-refractivity contribution in [3.05, 3.63) is 29.3 Å². The van der Waals surface area contributed by atoms with Gasteiger partial charge < -0.3 is 10.6 Å². The van der Waals surface area contributed by atoms with Crippen LogP contribution in [0.4, 0.5) is 5.69 Å². The summed E-state index contributed by atoms with van der Waals surface area (Å²) in [7, 11) is 0. The number of piperidine rings is 1. The summed E-state index contributed by atoms with van der Waals surface area (Å²) in [6.45, 7) is 11.2. The highest BCUT2D eigenvalue weighted by atomic mass is 15.2. The molecular formula is C17H28N2. The van der Waals surface area contributed by atoms with Gasteiger partial charge in [-0.15, -0.1) is 0 Å². The van der Waals surface area contributed by atoms with Crippen molar-refractivity contribution in [3.8, 4) is 0 Å². The Hall–Kier alpha value is -1.02. The summed E-state index contributed by atoms with van der Waals surface area (Å²) < 4.78 is 0. The Morgan fingerprint density at radius 2 is 2.00 bits per heavy atom. The average Bonchev–Trinajstić information content (AvgIpc) is 2.35. The van der Waals surface area contributed by atoms with Gasteiger partial charge in [0, 0.05) is 18.3 Å². The number of aryl methyl sites for hydroxylation is 1. The molecule has 2 N–H and O–H groups in total. The van der Waals surface area contributed by atoms with Gasteiger partial charge >= 0.3 is 0 Å². The van der Waals surface area contributed by atoms with Crippen molar-refractivity contribution < 1.29 is 0 Å². The molecule has 2 nitrogen and oxygen atoms in total. The smallest absolute Gasteiger partial charge is 0.0402 e. The number of rotatable bonds is 3. The number of anilines is 1. The van der Waals surface area contributed by atoms with Gasteiger partial charge in [0.05, 0.1) is 0 Å². The zero-order chi connectivity index (χ0) is 14.0. The first-order valence-corrected chi connectivity index (χ1v) is 7.59. The van der Waals surface area contributed by atoms with E-state index >= 15 is 0 Å². The SMILES string of the molecule is Cc1ccc(N2CC(C)CC(C)C2C)c(CCN)c1. The Balaban J connectivity index is 2.33. The summed E-state index contributed by atoms with van der Waals surface area (Å²) in [6, 6.07) is 7.45. The third-order valence-corrected chi connectivity index (χ3v) is 4.56. The summed E-state index contributed by atoms with van der Waals surface area (Å²) in [5, 5.41) is 0. The maximum Gasteiger partial charge on any atom is 0.0402 e. The minimum Gasteiger partial charge on any atom is -0.368 e. The number of hydrogen-bond donors (Lipinski definition) is 1. The molecule has 1 aliphatic rings. The number of nitrogens with zero attached hydrogens (tertiary/aromatic N) is 1. The van der Waals surface area contributed by atoms with Crippen molar-refractivity contribution in [1.29, 1.82) is 0 Å². The second kappa shape index (κ2) is 5.96. The van der Waals surface area contributed by atoms with Crippen LogP contribution in [0.3, 0.4) is 0 Å². The second-order valence-electron chi connectivity index (χ2n) is 6.38. The van der Waals surface area contributed by atoms with Crippen LogP contribution in [0.15, 0.2) is 18.2 Å². The van der Waals surface area contributed by atoms with Crippen molar-refractivity contribution in [2.75, 3.05) is 18.0 Å². The van der Waals surface area contributed by atoms with Gasteiger partial charge in [0.1, 0.15) is 0 Å². The fraction of sp³-hybridized carbons (Fsp3) is 0.647. The molecule has 1 aromatic carbocycles. The van der Waals surface area contributed by atoms with Crippen LogP contribution in [0, 0.1) is 18.8 Å². The highest BCUT2D eigenvalue weighted by Crippen LogP contribution is 2.33. The van der Waals surface area contributed by atoms with Crippen LogP contribution in [0.1, 0.15) is 38.3 Å². The third kappa shape index (κ3) is 3.11. The molecule has 0 bridgehead atoms. The van der Waals surface area contributed by atoms with Gasteiger partial charge in [-0.3, -0.25) is 0 Å². The zero-order valence-corrected chi connectivity index (χ0v) is 12.8. The Morgan fingerprint density at radius 1 is 1.26 bits per heavy atom. The molecule has 0 spiro atoms. The fourth-order valence-corrected chi connectivity index (χ4v) is 3.38. The number of hydrogen-bond acceptors (Lipinski definition) is 2. The van der Waals surface area contributed by atoms with Crippen LogP contribution in [-0.4, -0.2) is 19.1 Å². The summed E-state index contributed by atoms with van der Waals surface area (Å²) in [6.07, 6.45) is 2.32. The second-order valence-corrected chi connectivity index (χ2v) is 6.38. The molecule has 2 heteroatoms. The van der Waals surface area contributed by atoms with Crippen LogP contribution in [0.25, 0.3) is 0 Å². The van der Waals surface area contributed by atoms with E-state index in [-0.39, 0.29) is 0 Å². The van der Waals surface area contributed by atoms with Crippen LogP contribution >= 0.6 is 0 Å². The van der Waals surface area contributed by atoms with Crippen molar-refractivity contribution >= 4 is 5.69 Å². The van der Waals surface area contributed by atoms with Gasteiger partial charge in [0.25, 0.3) is 0 Å². The molecule has 1 aromatic rings. The van der Waals surface area contributed by atoms with Crippen LogP contribution < -0.4 is 10.6 Å². The molecular weight excluding hydrogens is 232 g/mol. The van der Waals surface area contributed by atoms with E-state index in [4.69, 9.17) is 5.73 Å². The maximum absolute atomic E-state index is 5.78. The summed E-state index contributed by atoms with van der Waals surface area (Å²) in [5.41, 5.74) is 9.93. The average molecular weight is 260 g/mol.